The molecule has 4 rings (SSSR count). The molecule has 0 unspecified atom stereocenters. The van der Waals surface area contributed by atoms with Gasteiger partial charge < -0.3 is 4.52 Å². The maximum atomic E-state index is 5.58. The molecule has 0 amide bonds. The smallest absolute Gasteiger partial charge is 0.231 e. The van der Waals surface area contributed by atoms with E-state index in [4.69, 9.17) is 4.52 Å². The lowest BCUT2D eigenvalue weighted by Gasteiger charge is -2.30. The number of hydrogen-bond acceptors (Lipinski definition) is 6. The van der Waals surface area contributed by atoms with E-state index < -0.39 is 0 Å². The first-order valence-corrected chi connectivity index (χ1v) is 9.24. The van der Waals surface area contributed by atoms with Gasteiger partial charge >= 0.3 is 0 Å². The number of likely N-dealkylation sites (tertiary alicyclic amines) is 1. The van der Waals surface area contributed by atoms with E-state index >= 15 is 0 Å². The summed E-state index contributed by atoms with van der Waals surface area (Å²) in [6.45, 7) is 4.91. The van der Waals surface area contributed by atoms with Crippen LogP contribution in [0, 0.1) is 0 Å². The van der Waals surface area contributed by atoms with Crippen LogP contribution in [0.3, 0.4) is 0 Å². The molecule has 3 heterocycles. The number of nitrogens with zero attached hydrogens (tertiary/aromatic N) is 5. The summed E-state index contributed by atoms with van der Waals surface area (Å²) in [6.07, 6.45) is 4.92. The Kier molecular flexibility index (Phi) is 5.02. The Hall–Kier alpha value is -2.60. The summed E-state index contributed by atoms with van der Waals surface area (Å²) in [5.74, 6) is 2.59. The van der Waals surface area contributed by atoms with Crippen molar-refractivity contribution < 1.29 is 4.52 Å². The third kappa shape index (κ3) is 3.80. The summed E-state index contributed by atoms with van der Waals surface area (Å²) >= 11 is 0. The van der Waals surface area contributed by atoms with Gasteiger partial charge in [-0.25, -0.2) is 9.97 Å². The maximum Gasteiger partial charge on any atom is 0.231 e. The zero-order valence-corrected chi connectivity index (χ0v) is 15.0. The Morgan fingerprint density at radius 3 is 2.88 bits per heavy atom. The summed E-state index contributed by atoms with van der Waals surface area (Å²) in [7, 11) is 0. The van der Waals surface area contributed by atoms with E-state index in [1.54, 1.807) is 0 Å². The van der Waals surface area contributed by atoms with E-state index in [-0.39, 0.29) is 5.92 Å². The van der Waals surface area contributed by atoms with Crippen LogP contribution in [-0.2, 0) is 13.0 Å². The quantitative estimate of drug-likeness (QED) is 0.702. The number of aromatic nitrogens is 4. The van der Waals surface area contributed by atoms with Crippen LogP contribution in [0.25, 0.3) is 11.4 Å². The number of aryl methyl sites for hydroxylation is 1. The molecule has 0 spiro atoms. The lowest BCUT2D eigenvalue weighted by molar-refractivity contribution is 0.178. The second-order valence-electron chi connectivity index (χ2n) is 6.71. The Morgan fingerprint density at radius 1 is 1.15 bits per heavy atom. The van der Waals surface area contributed by atoms with Crippen LogP contribution in [0.2, 0.25) is 0 Å². The second kappa shape index (κ2) is 7.74. The molecule has 2 aromatic heterocycles. The Labute approximate surface area is 153 Å². The zero-order valence-electron chi connectivity index (χ0n) is 15.0. The fraction of sp³-hybridized carbons (Fsp3) is 0.400. The molecule has 0 radical (unpaired) electrons. The molecule has 1 aliphatic rings. The fourth-order valence-corrected chi connectivity index (χ4v) is 3.43. The highest BCUT2D eigenvalue weighted by Crippen LogP contribution is 2.28. The Balaban J connectivity index is 1.44. The molecule has 6 nitrogen and oxygen atoms in total. The molecule has 134 valence electrons. The van der Waals surface area contributed by atoms with Crippen LogP contribution in [0.5, 0.6) is 0 Å². The third-order valence-corrected chi connectivity index (χ3v) is 4.79. The number of benzene rings is 1. The SMILES string of the molecule is CCc1nccc(CN2CCC[C@H](c3nc(-c4ccccc4)no3)C2)n1. The molecule has 1 fully saturated rings. The fourth-order valence-electron chi connectivity index (χ4n) is 3.43. The second-order valence-corrected chi connectivity index (χ2v) is 6.71. The molecule has 1 aliphatic heterocycles. The first-order chi connectivity index (χ1) is 12.8. The van der Waals surface area contributed by atoms with Gasteiger partial charge in [0.2, 0.25) is 11.7 Å². The van der Waals surface area contributed by atoms with Gasteiger partial charge in [-0.05, 0) is 25.5 Å². The van der Waals surface area contributed by atoms with Gasteiger partial charge in [0.25, 0.3) is 0 Å². The monoisotopic (exact) mass is 349 g/mol. The van der Waals surface area contributed by atoms with Crippen molar-refractivity contribution in [3.63, 3.8) is 0 Å². The first kappa shape index (κ1) is 16.8. The molecular weight excluding hydrogens is 326 g/mol. The van der Waals surface area contributed by atoms with Crippen LogP contribution in [0.1, 0.15) is 43.1 Å². The minimum Gasteiger partial charge on any atom is -0.339 e. The van der Waals surface area contributed by atoms with Crippen LogP contribution in [-0.4, -0.2) is 38.1 Å². The molecule has 1 atom stereocenters. The highest BCUT2D eigenvalue weighted by molar-refractivity contribution is 5.53. The summed E-state index contributed by atoms with van der Waals surface area (Å²) in [6, 6.07) is 12.0. The van der Waals surface area contributed by atoms with E-state index in [9.17, 15) is 0 Å². The van der Waals surface area contributed by atoms with Crippen molar-refractivity contribution >= 4 is 0 Å². The predicted octanol–water partition coefficient (Wildman–Crippen LogP) is 3.47. The van der Waals surface area contributed by atoms with Gasteiger partial charge in [0.15, 0.2) is 0 Å². The van der Waals surface area contributed by atoms with Crippen molar-refractivity contribution in [2.45, 2.75) is 38.6 Å². The molecule has 6 heteroatoms. The van der Waals surface area contributed by atoms with Gasteiger partial charge in [-0.1, -0.05) is 42.4 Å². The van der Waals surface area contributed by atoms with Gasteiger partial charge in [0.05, 0.1) is 11.6 Å². The van der Waals surface area contributed by atoms with Gasteiger partial charge in [-0.15, -0.1) is 0 Å². The maximum absolute atomic E-state index is 5.58. The van der Waals surface area contributed by atoms with Crippen molar-refractivity contribution in [1.82, 2.24) is 25.0 Å². The molecule has 26 heavy (non-hydrogen) atoms. The van der Waals surface area contributed by atoms with Gasteiger partial charge in [-0.2, -0.15) is 4.98 Å². The molecular formula is C20H23N5O. The number of rotatable bonds is 5. The number of hydrogen-bond donors (Lipinski definition) is 0. The molecule has 0 aliphatic carbocycles. The largest absolute Gasteiger partial charge is 0.339 e. The van der Waals surface area contributed by atoms with E-state index in [2.05, 4.69) is 31.9 Å². The van der Waals surface area contributed by atoms with Crippen LogP contribution >= 0.6 is 0 Å². The highest BCUT2D eigenvalue weighted by Gasteiger charge is 2.26. The van der Waals surface area contributed by atoms with Crippen LogP contribution in [0.4, 0.5) is 0 Å². The standard InChI is InChI=1S/C20H23N5O/c1-2-18-21-11-10-17(22-18)14-25-12-6-9-16(13-25)20-23-19(24-26-20)15-7-4-3-5-8-15/h3-5,7-8,10-11,16H,2,6,9,12-14H2,1H3/t16-/m0/s1. The van der Waals surface area contributed by atoms with E-state index in [1.807, 2.05) is 42.6 Å². The molecule has 3 aromatic rings. The minimum absolute atomic E-state index is 0.279. The summed E-state index contributed by atoms with van der Waals surface area (Å²) in [4.78, 5) is 16.0. The predicted molar refractivity (Wildman–Crippen MR) is 98.4 cm³/mol. The summed E-state index contributed by atoms with van der Waals surface area (Å²) in [5.41, 5.74) is 2.07. The van der Waals surface area contributed by atoms with Crippen LogP contribution < -0.4 is 0 Å². The minimum atomic E-state index is 0.279. The molecule has 0 bridgehead atoms. The van der Waals surface area contributed by atoms with Gasteiger partial charge in [0, 0.05) is 31.3 Å². The zero-order chi connectivity index (χ0) is 17.8. The summed E-state index contributed by atoms with van der Waals surface area (Å²) < 4.78 is 5.58. The molecule has 1 saturated heterocycles. The van der Waals surface area contributed by atoms with Crippen molar-refractivity contribution in [3.05, 3.63) is 60.0 Å². The van der Waals surface area contributed by atoms with Crippen molar-refractivity contribution in [1.29, 1.82) is 0 Å². The highest BCUT2D eigenvalue weighted by atomic mass is 16.5. The van der Waals surface area contributed by atoms with Crippen LogP contribution in [0.15, 0.2) is 47.1 Å². The van der Waals surface area contributed by atoms with Gasteiger partial charge in [0.1, 0.15) is 5.82 Å². The van der Waals surface area contributed by atoms with E-state index in [0.29, 0.717) is 5.82 Å². The van der Waals surface area contributed by atoms with Crippen molar-refractivity contribution in [3.8, 4) is 11.4 Å². The normalized spacial score (nSPS) is 18.1. The van der Waals surface area contributed by atoms with E-state index in [0.717, 1.165) is 61.9 Å². The van der Waals surface area contributed by atoms with Crippen molar-refractivity contribution in [2.24, 2.45) is 0 Å². The summed E-state index contributed by atoms with van der Waals surface area (Å²) in [5, 5.41) is 4.17. The first-order valence-electron chi connectivity index (χ1n) is 9.24. The average molecular weight is 349 g/mol. The number of piperidine rings is 1. The topological polar surface area (TPSA) is 67.9 Å². The average Bonchev–Trinajstić information content (AvgIpc) is 3.19. The Morgan fingerprint density at radius 2 is 2.04 bits per heavy atom. The van der Waals surface area contributed by atoms with E-state index in [1.165, 1.54) is 0 Å². The van der Waals surface area contributed by atoms with Gasteiger partial charge in [-0.3, -0.25) is 4.90 Å². The molecule has 1 aromatic carbocycles. The van der Waals surface area contributed by atoms with Crippen molar-refractivity contribution in [2.75, 3.05) is 13.1 Å². The lowest BCUT2D eigenvalue weighted by Crippen LogP contribution is -2.34. The lowest BCUT2D eigenvalue weighted by atomic mass is 9.98. The molecule has 0 saturated carbocycles. The third-order valence-electron chi connectivity index (χ3n) is 4.79. The molecule has 0 N–H and O–H groups in total. The Bertz CT molecular complexity index is 848.